The van der Waals surface area contributed by atoms with Crippen LogP contribution in [0.2, 0.25) is 0 Å². The Morgan fingerprint density at radius 1 is 1.14 bits per heavy atom. The topological polar surface area (TPSA) is 55.8 Å². The van der Waals surface area contributed by atoms with Crippen molar-refractivity contribution in [3.63, 3.8) is 0 Å². The number of fused-ring (bicyclic) bond motifs is 3. The molecule has 5 heteroatoms. The van der Waals surface area contributed by atoms with Gasteiger partial charge in [-0.3, -0.25) is 9.59 Å². The van der Waals surface area contributed by atoms with Gasteiger partial charge in [0.05, 0.1) is 11.5 Å². The molecule has 0 radical (unpaired) electrons. The van der Waals surface area contributed by atoms with E-state index >= 15 is 0 Å². The number of ketones is 1. The molecule has 1 aromatic rings. The summed E-state index contributed by atoms with van der Waals surface area (Å²) in [5, 5.41) is 0. The van der Waals surface area contributed by atoms with Crippen LogP contribution in [0, 0.1) is 0 Å². The molecule has 22 heavy (non-hydrogen) atoms. The van der Waals surface area contributed by atoms with E-state index in [-0.39, 0.29) is 24.4 Å². The van der Waals surface area contributed by atoms with Gasteiger partial charge >= 0.3 is 0 Å². The van der Waals surface area contributed by atoms with Crippen LogP contribution < -0.4 is 9.47 Å². The fraction of sp³-hybridized carbons (Fsp3) is 0.412. The Labute approximate surface area is 127 Å². The Bertz CT molecular complexity index is 753. The highest BCUT2D eigenvalue weighted by molar-refractivity contribution is 6.02. The third-order valence-electron chi connectivity index (χ3n) is 5.41. The lowest BCUT2D eigenvalue weighted by atomic mass is 9.78. The fourth-order valence-corrected chi connectivity index (χ4v) is 4.42. The number of nitrogens with zero attached hydrogens (tertiary/aromatic N) is 1. The first kappa shape index (κ1) is 12.3. The molecule has 3 heterocycles. The number of hydrogen-bond donors (Lipinski definition) is 0. The molecule has 1 aliphatic carbocycles. The molecule has 4 aliphatic rings. The van der Waals surface area contributed by atoms with Crippen LogP contribution in [0.3, 0.4) is 0 Å². The number of allylic oxidation sites excluding steroid dienone is 1. The molecule has 0 N–H and O–H groups in total. The minimum absolute atomic E-state index is 0.0849. The molecular weight excluding hydrogens is 282 g/mol. The van der Waals surface area contributed by atoms with Crippen LogP contribution in [0.25, 0.3) is 0 Å². The lowest BCUT2D eigenvalue weighted by Crippen LogP contribution is -2.47. The number of ether oxygens (including phenoxy) is 2. The number of benzene rings is 1. The van der Waals surface area contributed by atoms with E-state index in [1.54, 1.807) is 6.08 Å². The molecule has 2 unspecified atom stereocenters. The molecule has 2 atom stereocenters. The van der Waals surface area contributed by atoms with E-state index < -0.39 is 5.54 Å². The molecule has 5 rings (SSSR count). The maximum Gasteiger partial charge on any atom is 0.231 e. The lowest BCUT2D eigenvalue weighted by Gasteiger charge is -2.36. The summed E-state index contributed by atoms with van der Waals surface area (Å²) in [6.45, 7) is 0.879. The number of rotatable bonds is 0. The van der Waals surface area contributed by atoms with E-state index in [0.29, 0.717) is 25.1 Å². The van der Waals surface area contributed by atoms with Crippen LogP contribution in [-0.2, 0) is 16.0 Å². The Morgan fingerprint density at radius 3 is 2.82 bits per heavy atom. The second-order valence-electron chi connectivity index (χ2n) is 6.36. The first-order valence-electron chi connectivity index (χ1n) is 7.65. The number of hydrogen-bond acceptors (Lipinski definition) is 4. The van der Waals surface area contributed by atoms with Crippen molar-refractivity contribution < 1.29 is 19.1 Å². The minimum atomic E-state index is -0.465. The van der Waals surface area contributed by atoms with Crippen molar-refractivity contribution in [2.75, 3.05) is 13.3 Å². The van der Waals surface area contributed by atoms with E-state index in [0.717, 1.165) is 23.3 Å². The molecule has 3 aliphatic heterocycles. The third-order valence-corrected chi connectivity index (χ3v) is 5.41. The van der Waals surface area contributed by atoms with E-state index in [4.69, 9.17) is 9.47 Å². The van der Waals surface area contributed by atoms with Gasteiger partial charge in [0.1, 0.15) is 0 Å². The Kier molecular flexibility index (Phi) is 2.18. The minimum Gasteiger partial charge on any atom is -0.454 e. The lowest BCUT2D eigenvalue weighted by molar-refractivity contribution is -0.131. The van der Waals surface area contributed by atoms with Crippen molar-refractivity contribution in [2.24, 2.45) is 0 Å². The van der Waals surface area contributed by atoms with Crippen LogP contribution in [0.5, 0.6) is 11.5 Å². The van der Waals surface area contributed by atoms with E-state index in [1.165, 1.54) is 0 Å². The van der Waals surface area contributed by atoms with Gasteiger partial charge in [-0.1, -0.05) is 6.08 Å². The van der Waals surface area contributed by atoms with Crippen LogP contribution >= 0.6 is 0 Å². The maximum absolute atomic E-state index is 12.6. The van der Waals surface area contributed by atoms with Gasteiger partial charge < -0.3 is 14.4 Å². The summed E-state index contributed by atoms with van der Waals surface area (Å²) < 4.78 is 10.9. The number of carbonyl (C=O) groups is 2. The summed E-state index contributed by atoms with van der Waals surface area (Å²) in [5.74, 6) is 1.37. The van der Waals surface area contributed by atoms with Gasteiger partial charge in [-0.25, -0.2) is 0 Å². The molecule has 0 bridgehead atoms. The van der Waals surface area contributed by atoms with E-state index in [2.05, 4.69) is 0 Å². The van der Waals surface area contributed by atoms with Crippen molar-refractivity contribution in [3.05, 3.63) is 35.4 Å². The zero-order chi connectivity index (χ0) is 14.9. The summed E-state index contributed by atoms with van der Waals surface area (Å²) in [6, 6.07) is 3.92. The van der Waals surface area contributed by atoms with Gasteiger partial charge in [-0.2, -0.15) is 0 Å². The number of amides is 1. The largest absolute Gasteiger partial charge is 0.454 e. The second-order valence-corrected chi connectivity index (χ2v) is 6.36. The highest BCUT2D eigenvalue weighted by atomic mass is 16.7. The van der Waals surface area contributed by atoms with Crippen LogP contribution in [0.4, 0.5) is 0 Å². The van der Waals surface area contributed by atoms with Gasteiger partial charge in [-0.05, 0) is 42.2 Å². The Hall–Kier alpha value is -2.30. The zero-order valence-corrected chi connectivity index (χ0v) is 12.0. The van der Waals surface area contributed by atoms with Gasteiger partial charge in [0, 0.05) is 13.0 Å². The summed E-state index contributed by atoms with van der Waals surface area (Å²) in [4.78, 5) is 26.8. The molecular formula is C17H15NO4. The number of carbonyl (C=O) groups excluding carboxylic acids is 2. The van der Waals surface area contributed by atoms with Gasteiger partial charge in [0.15, 0.2) is 17.3 Å². The van der Waals surface area contributed by atoms with E-state index in [1.807, 2.05) is 23.1 Å². The molecule has 112 valence electrons. The summed E-state index contributed by atoms with van der Waals surface area (Å²) >= 11 is 0. The second kappa shape index (κ2) is 3.91. The molecule has 1 saturated heterocycles. The van der Waals surface area contributed by atoms with Gasteiger partial charge in [0.25, 0.3) is 0 Å². The normalized spacial score (nSPS) is 31.1. The summed E-state index contributed by atoms with van der Waals surface area (Å²) in [7, 11) is 0. The van der Waals surface area contributed by atoms with Crippen molar-refractivity contribution in [1.82, 2.24) is 4.90 Å². The molecule has 1 aromatic carbocycles. The average Bonchev–Trinajstić information content (AvgIpc) is 3.14. The van der Waals surface area contributed by atoms with Crippen molar-refractivity contribution in [2.45, 2.75) is 30.7 Å². The summed E-state index contributed by atoms with van der Waals surface area (Å²) in [6.07, 6.45) is 5.58. The van der Waals surface area contributed by atoms with Crippen molar-refractivity contribution in [3.8, 4) is 11.5 Å². The highest BCUT2D eigenvalue weighted by Crippen LogP contribution is 2.51. The molecule has 0 aromatic heterocycles. The standard InChI is InChI=1S/C17H15NO4/c19-12-1-4-17-5-2-15(20)18(17)6-3-10-7-13-14(22-9-21-13)8-11(10)16(12)17/h1,4,7-8,16H,2-3,5-6,9H2. The fourth-order valence-electron chi connectivity index (χ4n) is 4.42. The highest BCUT2D eigenvalue weighted by Gasteiger charge is 2.55. The molecule has 0 saturated carbocycles. The maximum atomic E-state index is 12.6. The predicted molar refractivity (Wildman–Crippen MR) is 76.8 cm³/mol. The van der Waals surface area contributed by atoms with Crippen LogP contribution in [0.1, 0.15) is 29.9 Å². The van der Waals surface area contributed by atoms with E-state index in [9.17, 15) is 9.59 Å². The predicted octanol–water partition coefficient (Wildman–Crippen LogP) is 1.56. The van der Waals surface area contributed by atoms with Crippen LogP contribution in [0.15, 0.2) is 24.3 Å². The SMILES string of the molecule is O=C1C=CC23CCC(=O)N2CCc2cc4c(cc2C13)OCO4. The molecule has 1 fully saturated rings. The van der Waals surface area contributed by atoms with Crippen molar-refractivity contribution >= 4 is 11.7 Å². The monoisotopic (exact) mass is 297 g/mol. The zero-order valence-electron chi connectivity index (χ0n) is 12.0. The Balaban J connectivity index is 1.73. The average molecular weight is 297 g/mol. The van der Waals surface area contributed by atoms with Gasteiger partial charge in [0.2, 0.25) is 12.7 Å². The van der Waals surface area contributed by atoms with Crippen molar-refractivity contribution in [1.29, 1.82) is 0 Å². The molecule has 5 nitrogen and oxygen atoms in total. The smallest absolute Gasteiger partial charge is 0.231 e. The van der Waals surface area contributed by atoms with Gasteiger partial charge in [-0.15, -0.1) is 0 Å². The Morgan fingerprint density at radius 2 is 1.95 bits per heavy atom. The third kappa shape index (κ3) is 1.34. The molecule has 1 amide bonds. The quantitative estimate of drug-likeness (QED) is 0.729. The van der Waals surface area contributed by atoms with Crippen LogP contribution in [-0.4, -0.2) is 35.5 Å². The summed E-state index contributed by atoms with van der Waals surface area (Å²) in [5.41, 5.74) is 1.62. The molecule has 1 spiro atoms. The first-order valence-corrected chi connectivity index (χ1v) is 7.65. The first-order chi connectivity index (χ1) is 10.7.